The molecule has 1 fully saturated rings. The molecule has 0 atom stereocenters. The van der Waals surface area contributed by atoms with Crippen LogP contribution in [0.5, 0.6) is 0 Å². The van der Waals surface area contributed by atoms with Gasteiger partial charge in [0.2, 0.25) is 0 Å². The highest BCUT2D eigenvalue weighted by Gasteiger charge is 2.41. The number of benzene rings is 1. The average Bonchev–Trinajstić information content (AvgIpc) is 3.39. The lowest BCUT2D eigenvalue weighted by Gasteiger charge is -2.42. The van der Waals surface area contributed by atoms with Gasteiger partial charge >= 0.3 is 0 Å². The second-order valence-electron chi connectivity index (χ2n) is 6.21. The summed E-state index contributed by atoms with van der Waals surface area (Å²) in [6.07, 6.45) is 3.94. The fraction of sp³-hybridized carbons (Fsp3) is 0.294. The Hall–Kier alpha value is -2.27. The van der Waals surface area contributed by atoms with Crippen LogP contribution in [0.2, 0.25) is 0 Å². The topological polar surface area (TPSA) is 83.6 Å². The maximum Gasteiger partial charge on any atom is 0.101 e. The third-order valence-electron chi connectivity index (χ3n) is 4.57. The summed E-state index contributed by atoms with van der Waals surface area (Å²) in [6, 6.07) is 11.3. The summed E-state index contributed by atoms with van der Waals surface area (Å²) in [7, 11) is -1.32. The van der Waals surface area contributed by atoms with Crippen LogP contribution in [0.1, 0.15) is 18.4 Å². The lowest BCUT2D eigenvalue weighted by molar-refractivity contribution is 0.481. The van der Waals surface area contributed by atoms with E-state index in [4.69, 9.17) is 0 Å². The van der Waals surface area contributed by atoms with Gasteiger partial charge in [-0.3, -0.25) is 22.7 Å². The first-order valence-corrected chi connectivity index (χ1v) is 9.28. The molecule has 2 aromatic rings. The van der Waals surface area contributed by atoms with Crippen molar-refractivity contribution in [2.75, 3.05) is 22.2 Å². The Morgan fingerprint density at radius 2 is 2.08 bits per heavy atom. The highest BCUT2D eigenvalue weighted by molar-refractivity contribution is 8.26. The Morgan fingerprint density at radius 1 is 1.29 bits per heavy atom. The molecule has 2 aliphatic rings. The van der Waals surface area contributed by atoms with Crippen LogP contribution in [0.3, 0.4) is 0 Å². The minimum Gasteiger partial charge on any atom is -0.264 e. The first kappa shape index (κ1) is 15.3. The lowest BCUT2D eigenvalue weighted by Crippen LogP contribution is -2.32. The van der Waals surface area contributed by atoms with E-state index in [9.17, 15) is 14.4 Å². The highest BCUT2D eigenvalue weighted by atomic mass is 32.3. The van der Waals surface area contributed by atoms with E-state index >= 15 is 0 Å². The second kappa shape index (κ2) is 5.38. The van der Waals surface area contributed by atoms with E-state index in [2.05, 4.69) is 11.1 Å². The van der Waals surface area contributed by atoms with Crippen molar-refractivity contribution in [3.05, 3.63) is 42.1 Å². The summed E-state index contributed by atoms with van der Waals surface area (Å²) in [4.78, 5) is 4.31. The Balaban J connectivity index is 1.79. The predicted octanol–water partition coefficient (Wildman–Crippen LogP) is 3.87. The number of pyridine rings is 1. The monoisotopic (exact) mass is 342 g/mol. The van der Waals surface area contributed by atoms with Crippen LogP contribution in [-0.4, -0.2) is 27.7 Å². The van der Waals surface area contributed by atoms with Crippen LogP contribution in [0, 0.1) is 17.2 Å². The lowest BCUT2D eigenvalue weighted by atomic mass is 10.0. The summed E-state index contributed by atoms with van der Waals surface area (Å²) in [6.45, 7) is 0.659. The zero-order chi connectivity index (χ0) is 16.9. The molecule has 24 heavy (non-hydrogen) atoms. The Bertz CT molecular complexity index is 845. The summed E-state index contributed by atoms with van der Waals surface area (Å²) >= 11 is 0. The summed E-state index contributed by atoms with van der Waals surface area (Å²) in [5, 5.41) is 9.27. The first-order valence-electron chi connectivity index (χ1n) is 7.81. The molecular formula is C17H18N4O2S. The van der Waals surface area contributed by atoms with Crippen molar-refractivity contribution in [3.63, 3.8) is 0 Å². The van der Waals surface area contributed by atoms with Gasteiger partial charge in [-0.2, -0.15) is 5.26 Å². The Kier molecular flexibility index (Phi) is 3.42. The van der Waals surface area contributed by atoms with Crippen molar-refractivity contribution in [2.24, 2.45) is 5.92 Å². The van der Waals surface area contributed by atoms with Crippen LogP contribution in [0.15, 0.2) is 36.5 Å². The normalized spacial score (nSPS) is 19.8. The number of nitriles is 1. The molecule has 2 N–H and O–H groups in total. The fourth-order valence-corrected chi connectivity index (χ4v) is 4.54. The molecule has 0 unspecified atom stereocenters. The molecule has 1 aliphatic carbocycles. The number of fused-ring (bicyclic) bond motifs is 1. The number of anilines is 2. The van der Waals surface area contributed by atoms with Gasteiger partial charge in [0.25, 0.3) is 0 Å². The van der Waals surface area contributed by atoms with Crippen LogP contribution in [0.25, 0.3) is 11.3 Å². The molecular weight excluding hydrogens is 324 g/mol. The Morgan fingerprint density at radius 3 is 2.79 bits per heavy atom. The van der Waals surface area contributed by atoms with Gasteiger partial charge in [0, 0.05) is 25.4 Å². The van der Waals surface area contributed by atoms with Crippen molar-refractivity contribution in [2.45, 2.75) is 12.8 Å². The number of aromatic nitrogens is 1. The fourth-order valence-electron chi connectivity index (χ4n) is 3.00. The molecule has 1 aromatic carbocycles. The third-order valence-corrected chi connectivity index (χ3v) is 6.44. The van der Waals surface area contributed by atoms with Crippen LogP contribution in [0.4, 0.5) is 11.4 Å². The zero-order valence-corrected chi connectivity index (χ0v) is 14.1. The van der Waals surface area contributed by atoms with E-state index < -0.39 is 11.0 Å². The van der Waals surface area contributed by atoms with E-state index in [-0.39, 0.29) is 0 Å². The molecule has 0 spiro atoms. The average molecular weight is 342 g/mol. The molecule has 0 bridgehead atoms. The smallest absolute Gasteiger partial charge is 0.101 e. The second-order valence-corrected chi connectivity index (χ2v) is 8.17. The first-order chi connectivity index (χ1) is 11.5. The van der Waals surface area contributed by atoms with Gasteiger partial charge in [0.15, 0.2) is 0 Å². The molecule has 0 amide bonds. The highest BCUT2D eigenvalue weighted by Crippen LogP contribution is 2.61. The predicted molar refractivity (Wildman–Crippen MR) is 95.7 cm³/mol. The molecule has 1 aliphatic heterocycles. The van der Waals surface area contributed by atoms with Crippen LogP contribution < -0.4 is 8.61 Å². The molecule has 1 aromatic heterocycles. The van der Waals surface area contributed by atoms with Crippen molar-refractivity contribution in [3.8, 4) is 17.3 Å². The van der Waals surface area contributed by atoms with Crippen LogP contribution in [-0.2, 0) is 0 Å². The molecule has 0 radical (unpaired) electrons. The number of rotatable bonds is 3. The molecule has 0 saturated heterocycles. The van der Waals surface area contributed by atoms with Crippen LogP contribution >= 0.6 is 11.0 Å². The SMILES string of the molecule is CN1c2cc(-c3ncccc3C#N)ccc2N(CC2CC2)S1(O)O. The molecule has 7 heteroatoms. The van der Waals surface area contributed by atoms with Gasteiger partial charge < -0.3 is 0 Å². The maximum absolute atomic E-state index is 10.6. The van der Waals surface area contributed by atoms with Crippen molar-refractivity contribution in [1.29, 1.82) is 5.26 Å². The van der Waals surface area contributed by atoms with Gasteiger partial charge in [-0.25, -0.2) is 0 Å². The zero-order valence-electron chi connectivity index (χ0n) is 13.3. The van der Waals surface area contributed by atoms with Gasteiger partial charge in [-0.1, -0.05) is 6.07 Å². The van der Waals surface area contributed by atoms with Gasteiger partial charge in [-0.05, 0) is 54.0 Å². The van der Waals surface area contributed by atoms with E-state index in [0.717, 1.165) is 29.8 Å². The standard InChI is InChI=1S/C17H18N4O2S/c1-20-16-9-13(17-14(10-18)3-2-8-19-17)6-7-15(16)21(24(20,22)23)11-12-4-5-12/h2-3,6-9,12,22-23H,4-5,11H2,1H3. The molecule has 6 nitrogen and oxygen atoms in total. The summed E-state index contributed by atoms with van der Waals surface area (Å²) in [5.74, 6) is 0.538. The van der Waals surface area contributed by atoms with Gasteiger partial charge in [-0.15, -0.1) is 0 Å². The molecule has 1 saturated carbocycles. The number of hydrogen-bond acceptors (Lipinski definition) is 6. The van der Waals surface area contributed by atoms with E-state index in [1.807, 2.05) is 18.2 Å². The minimum absolute atomic E-state index is 0.500. The van der Waals surface area contributed by atoms with Crippen molar-refractivity contribution in [1.82, 2.24) is 4.98 Å². The van der Waals surface area contributed by atoms with E-state index in [0.29, 0.717) is 23.7 Å². The molecule has 4 rings (SSSR count). The maximum atomic E-state index is 10.6. The number of nitrogens with zero attached hydrogens (tertiary/aromatic N) is 4. The van der Waals surface area contributed by atoms with Gasteiger partial charge in [0.1, 0.15) is 6.07 Å². The third kappa shape index (κ3) is 2.31. The summed E-state index contributed by atoms with van der Waals surface area (Å²) < 4.78 is 24.5. The molecule has 2 heterocycles. The van der Waals surface area contributed by atoms with Gasteiger partial charge in [0.05, 0.1) is 22.6 Å². The summed E-state index contributed by atoms with van der Waals surface area (Å²) in [5.41, 5.74) is 3.47. The number of hydrogen-bond donors (Lipinski definition) is 2. The van der Waals surface area contributed by atoms with Crippen molar-refractivity contribution < 1.29 is 9.11 Å². The Labute approximate surface area is 142 Å². The van der Waals surface area contributed by atoms with E-state index in [1.165, 1.54) is 4.31 Å². The largest absolute Gasteiger partial charge is 0.264 e. The quantitative estimate of drug-likeness (QED) is 0.881. The van der Waals surface area contributed by atoms with Crippen molar-refractivity contribution >= 4 is 22.3 Å². The minimum atomic E-state index is -3.01. The molecule has 124 valence electrons. The van der Waals surface area contributed by atoms with E-state index in [1.54, 1.807) is 29.7 Å².